The highest BCUT2D eigenvalue weighted by Crippen LogP contribution is 2.32. The maximum atomic E-state index is 12.7. The van der Waals surface area contributed by atoms with Crippen molar-refractivity contribution in [2.75, 3.05) is 14.1 Å². The number of carboxylic acids is 1. The Hall–Kier alpha value is -4.14. The highest BCUT2D eigenvalue weighted by atomic mass is 16.5. The zero-order chi connectivity index (χ0) is 23.0. The second kappa shape index (κ2) is 8.18. The van der Waals surface area contributed by atoms with Gasteiger partial charge in [-0.2, -0.15) is 0 Å². The molecule has 0 aliphatic heterocycles. The van der Waals surface area contributed by atoms with E-state index in [0.29, 0.717) is 12.0 Å². The maximum absolute atomic E-state index is 12.7. The van der Waals surface area contributed by atoms with Crippen molar-refractivity contribution in [3.05, 3.63) is 70.4 Å². The summed E-state index contributed by atoms with van der Waals surface area (Å²) in [6.07, 6.45) is 1.39. The fourth-order valence-electron chi connectivity index (χ4n) is 3.74. The summed E-state index contributed by atoms with van der Waals surface area (Å²) < 4.78 is 5.26. The summed E-state index contributed by atoms with van der Waals surface area (Å²) in [7, 11) is 3.17. The molecule has 1 aliphatic rings. The van der Waals surface area contributed by atoms with E-state index in [2.05, 4.69) is 10.5 Å². The molecule has 4 rings (SSSR count). The minimum atomic E-state index is -1.02. The van der Waals surface area contributed by atoms with E-state index in [-0.39, 0.29) is 40.3 Å². The normalized spacial score (nSPS) is 14.6. The van der Waals surface area contributed by atoms with Crippen molar-refractivity contribution in [2.45, 2.75) is 18.9 Å². The molecule has 3 aromatic rings. The topological polar surface area (TPSA) is 133 Å². The van der Waals surface area contributed by atoms with Gasteiger partial charge >= 0.3 is 5.97 Å². The lowest BCUT2D eigenvalue weighted by atomic mass is 10.0. The van der Waals surface area contributed by atoms with Crippen molar-refractivity contribution < 1.29 is 29.1 Å². The molecule has 2 aromatic carbocycles. The third kappa shape index (κ3) is 3.92. The summed E-state index contributed by atoms with van der Waals surface area (Å²) in [5, 5.41) is 26.1. The summed E-state index contributed by atoms with van der Waals surface area (Å²) in [6, 6.07) is 10.5. The third-order valence-electron chi connectivity index (χ3n) is 5.44. The second-order valence-electron chi connectivity index (χ2n) is 7.79. The van der Waals surface area contributed by atoms with E-state index in [0.717, 1.165) is 17.5 Å². The number of carboxylic acid groups (broad SMARTS) is 1. The standard InChI is InChI=1S/C23H21N3O6/c1-26(2)22(29)15-7-5-13(10-19(15)27)20-11-18(25-32-20)21(28)24-17-8-6-12-3-4-14(23(30)31)9-16(12)17/h3-5,7,9-11,17,27H,6,8H2,1-2H3,(H,24,28)(H,30,31)/t17-/m1/s1. The van der Waals surface area contributed by atoms with E-state index in [4.69, 9.17) is 4.52 Å². The van der Waals surface area contributed by atoms with Gasteiger partial charge in [-0.15, -0.1) is 0 Å². The molecule has 1 aromatic heterocycles. The van der Waals surface area contributed by atoms with Crippen LogP contribution in [-0.2, 0) is 6.42 Å². The molecule has 0 unspecified atom stereocenters. The number of fused-ring (bicyclic) bond motifs is 1. The summed E-state index contributed by atoms with van der Waals surface area (Å²) >= 11 is 0. The Morgan fingerprint density at radius 1 is 1.12 bits per heavy atom. The molecule has 2 amide bonds. The monoisotopic (exact) mass is 435 g/mol. The molecule has 0 saturated carbocycles. The van der Waals surface area contributed by atoms with Crippen LogP contribution >= 0.6 is 0 Å². The van der Waals surface area contributed by atoms with Gasteiger partial charge < -0.3 is 25.0 Å². The predicted molar refractivity (Wildman–Crippen MR) is 114 cm³/mol. The average molecular weight is 435 g/mol. The number of carbonyl (C=O) groups excluding carboxylic acids is 2. The number of amides is 2. The molecule has 1 aliphatic carbocycles. The smallest absolute Gasteiger partial charge is 0.335 e. The molecule has 0 saturated heterocycles. The van der Waals surface area contributed by atoms with E-state index >= 15 is 0 Å². The Bertz CT molecular complexity index is 1230. The maximum Gasteiger partial charge on any atom is 0.335 e. The first-order valence-electron chi connectivity index (χ1n) is 9.93. The van der Waals surface area contributed by atoms with E-state index in [9.17, 15) is 24.6 Å². The van der Waals surface area contributed by atoms with Crippen LogP contribution in [0.15, 0.2) is 47.0 Å². The van der Waals surface area contributed by atoms with Crippen LogP contribution in [0.4, 0.5) is 0 Å². The van der Waals surface area contributed by atoms with Gasteiger partial charge in [-0.05, 0) is 48.2 Å². The molecule has 9 heteroatoms. The van der Waals surface area contributed by atoms with Crippen LogP contribution in [0.25, 0.3) is 11.3 Å². The van der Waals surface area contributed by atoms with Gasteiger partial charge in [0.05, 0.1) is 17.2 Å². The fourth-order valence-corrected chi connectivity index (χ4v) is 3.74. The van der Waals surface area contributed by atoms with Crippen LogP contribution in [-0.4, -0.2) is 52.1 Å². The van der Waals surface area contributed by atoms with Gasteiger partial charge in [0, 0.05) is 25.7 Å². The van der Waals surface area contributed by atoms with E-state index < -0.39 is 11.9 Å². The Kier molecular flexibility index (Phi) is 5.40. The molecule has 32 heavy (non-hydrogen) atoms. The Labute approximate surface area is 183 Å². The number of aromatic nitrogens is 1. The van der Waals surface area contributed by atoms with Crippen molar-refractivity contribution in [2.24, 2.45) is 0 Å². The average Bonchev–Trinajstić information content (AvgIpc) is 3.40. The number of aromatic hydroxyl groups is 1. The number of aromatic carboxylic acids is 1. The molecule has 0 spiro atoms. The van der Waals surface area contributed by atoms with Gasteiger partial charge in [0.15, 0.2) is 11.5 Å². The van der Waals surface area contributed by atoms with Gasteiger partial charge in [-0.1, -0.05) is 17.3 Å². The van der Waals surface area contributed by atoms with Crippen LogP contribution in [0.3, 0.4) is 0 Å². The summed E-state index contributed by atoms with van der Waals surface area (Å²) in [5.41, 5.74) is 2.62. The molecule has 0 bridgehead atoms. The van der Waals surface area contributed by atoms with Crippen molar-refractivity contribution >= 4 is 17.8 Å². The Balaban J connectivity index is 1.51. The number of hydrogen-bond acceptors (Lipinski definition) is 6. The number of hydrogen-bond donors (Lipinski definition) is 3. The number of rotatable bonds is 5. The number of carbonyl (C=O) groups is 3. The number of phenols is 1. The van der Waals surface area contributed by atoms with E-state index in [1.54, 1.807) is 38.4 Å². The third-order valence-corrected chi connectivity index (χ3v) is 5.44. The zero-order valence-corrected chi connectivity index (χ0v) is 17.5. The van der Waals surface area contributed by atoms with Gasteiger partial charge in [0.1, 0.15) is 5.75 Å². The predicted octanol–water partition coefficient (Wildman–Crippen LogP) is 2.86. The van der Waals surface area contributed by atoms with Crippen LogP contribution < -0.4 is 5.32 Å². The molecule has 3 N–H and O–H groups in total. The van der Waals surface area contributed by atoms with Crippen LogP contribution in [0, 0.1) is 0 Å². The number of benzene rings is 2. The van der Waals surface area contributed by atoms with Crippen LogP contribution in [0.1, 0.15) is 54.8 Å². The Morgan fingerprint density at radius 3 is 2.59 bits per heavy atom. The molecule has 0 fully saturated rings. The quantitative estimate of drug-likeness (QED) is 0.561. The lowest BCUT2D eigenvalue weighted by molar-refractivity contribution is 0.0696. The first kappa shape index (κ1) is 21.1. The molecule has 1 heterocycles. The minimum Gasteiger partial charge on any atom is -0.507 e. The van der Waals surface area contributed by atoms with Crippen LogP contribution in [0.2, 0.25) is 0 Å². The number of nitrogens with zero attached hydrogens (tertiary/aromatic N) is 2. The van der Waals surface area contributed by atoms with Crippen molar-refractivity contribution in [1.29, 1.82) is 0 Å². The Morgan fingerprint density at radius 2 is 1.91 bits per heavy atom. The van der Waals surface area contributed by atoms with Crippen molar-refractivity contribution in [3.8, 4) is 17.1 Å². The fraction of sp³-hybridized carbons (Fsp3) is 0.217. The molecule has 9 nitrogen and oxygen atoms in total. The van der Waals surface area contributed by atoms with Gasteiger partial charge in [-0.3, -0.25) is 9.59 Å². The summed E-state index contributed by atoms with van der Waals surface area (Å²) in [6.45, 7) is 0. The SMILES string of the molecule is CN(C)C(=O)c1ccc(-c2cc(C(=O)N[C@@H]3CCc4ccc(C(=O)O)cc43)no2)cc1O. The first-order chi connectivity index (χ1) is 15.2. The number of phenolic OH excluding ortho intramolecular Hbond substituents is 1. The lowest BCUT2D eigenvalue weighted by Crippen LogP contribution is -2.27. The molecule has 1 atom stereocenters. The lowest BCUT2D eigenvalue weighted by Gasteiger charge is -2.13. The largest absolute Gasteiger partial charge is 0.507 e. The van der Waals surface area contributed by atoms with Crippen molar-refractivity contribution in [1.82, 2.24) is 15.4 Å². The van der Waals surface area contributed by atoms with Crippen molar-refractivity contribution in [3.63, 3.8) is 0 Å². The molecular weight excluding hydrogens is 414 g/mol. The number of aryl methyl sites for hydroxylation is 1. The van der Waals surface area contributed by atoms with E-state index in [1.165, 1.54) is 23.1 Å². The molecular formula is C23H21N3O6. The summed E-state index contributed by atoms with van der Waals surface area (Å²) in [5.74, 6) is -1.76. The highest BCUT2D eigenvalue weighted by molar-refractivity contribution is 5.97. The number of nitrogens with one attached hydrogen (secondary N) is 1. The summed E-state index contributed by atoms with van der Waals surface area (Å²) in [4.78, 5) is 37.4. The first-order valence-corrected chi connectivity index (χ1v) is 9.93. The minimum absolute atomic E-state index is 0.0516. The second-order valence-corrected chi connectivity index (χ2v) is 7.79. The molecule has 0 radical (unpaired) electrons. The van der Waals surface area contributed by atoms with Gasteiger partial charge in [0.25, 0.3) is 11.8 Å². The van der Waals surface area contributed by atoms with E-state index in [1.807, 2.05) is 0 Å². The van der Waals surface area contributed by atoms with Gasteiger partial charge in [0.2, 0.25) is 0 Å². The van der Waals surface area contributed by atoms with Gasteiger partial charge in [-0.25, -0.2) is 4.79 Å². The highest BCUT2D eigenvalue weighted by Gasteiger charge is 2.27. The van der Waals surface area contributed by atoms with Crippen LogP contribution in [0.5, 0.6) is 5.75 Å². The molecule has 164 valence electrons. The zero-order valence-electron chi connectivity index (χ0n) is 17.5.